The standard InChI is InChI=1S/C20H16N2S3/c1-13-3-7-15(8-4-13)17-11-23-19(21-17)25-20-22-18(12-24-20)16-9-5-14(2)6-10-16/h3-12H,1-2H3. The monoisotopic (exact) mass is 380 g/mol. The van der Waals surface area contributed by atoms with Crippen molar-refractivity contribution < 1.29 is 0 Å². The number of hydrogen-bond donors (Lipinski definition) is 0. The van der Waals surface area contributed by atoms with Crippen LogP contribution in [0.5, 0.6) is 0 Å². The quantitative estimate of drug-likeness (QED) is 0.394. The van der Waals surface area contributed by atoms with Crippen LogP contribution in [0.25, 0.3) is 22.5 Å². The molecular weight excluding hydrogens is 364 g/mol. The number of hydrogen-bond acceptors (Lipinski definition) is 5. The molecule has 0 saturated heterocycles. The second-order valence-corrected chi connectivity index (χ2v) is 9.04. The maximum atomic E-state index is 4.75. The summed E-state index contributed by atoms with van der Waals surface area (Å²) in [5.74, 6) is 0. The van der Waals surface area contributed by atoms with Crippen molar-refractivity contribution in [3.05, 3.63) is 70.4 Å². The van der Waals surface area contributed by atoms with Gasteiger partial charge in [0.1, 0.15) is 0 Å². The average molecular weight is 381 g/mol. The Morgan fingerprint density at radius 1 is 0.640 bits per heavy atom. The molecule has 124 valence electrons. The molecule has 4 rings (SSSR count). The van der Waals surface area contributed by atoms with E-state index in [9.17, 15) is 0 Å². The molecule has 0 atom stereocenters. The van der Waals surface area contributed by atoms with Crippen LogP contribution in [0, 0.1) is 13.8 Å². The summed E-state index contributed by atoms with van der Waals surface area (Å²) in [6.07, 6.45) is 0. The first kappa shape index (κ1) is 16.5. The van der Waals surface area contributed by atoms with Gasteiger partial charge in [-0.3, -0.25) is 0 Å². The molecular formula is C20H16N2S3. The largest absolute Gasteiger partial charge is 0.229 e. The van der Waals surface area contributed by atoms with Crippen molar-refractivity contribution >= 4 is 34.4 Å². The van der Waals surface area contributed by atoms with E-state index in [-0.39, 0.29) is 0 Å². The molecule has 0 aliphatic rings. The van der Waals surface area contributed by atoms with Crippen molar-refractivity contribution in [2.24, 2.45) is 0 Å². The van der Waals surface area contributed by atoms with Gasteiger partial charge in [0.15, 0.2) is 8.68 Å². The number of rotatable bonds is 4. The van der Waals surface area contributed by atoms with Crippen LogP contribution in [0.2, 0.25) is 0 Å². The molecule has 2 nitrogen and oxygen atoms in total. The van der Waals surface area contributed by atoms with Gasteiger partial charge >= 0.3 is 0 Å². The molecule has 2 heterocycles. The number of thiazole rings is 2. The molecule has 25 heavy (non-hydrogen) atoms. The topological polar surface area (TPSA) is 25.8 Å². The maximum absolute atomic E-state index is 4.75. The Labute approximate surface area is 159 Å². The molecule has 0 amide bonds. The molecule has 0 aliphatic carbocycles. The Bertz CT molecular complexity index is 901. The Kier molecular flexibility index (Phi) is 4.70. The lowest BCUT2D eigenvalue weighted by atomic mass is 10.1. The maximum Gasteiger partial charge on any atom is 0.157 e. The summed E-state index contributed by atoms with van der Waals surface area (Å²) < 4.78 is 2.06. The minimum Gasteiger partial charge on any atom is -0.229 e. The summed E-state index contributed by atoms with van der Waals surface area (Å²) in [4.78, 5) is 9.49. The van der Waals surface area contributed by atoms with Crippen molar-refractivity contribution in [2.45, 2.75) is 22.5 Å². The SMILES string of the molecule is Cc1ccc(-c2csc(Sc3nc(-c4ccc(C)cc4)cs3)n2)cc1. The minimum atomic E-state index is 1.03. The molecule has 2 aromatic heterocycles. The molecule has 0 fully saturated rings. The molecule has 0 radical (unpaired) electrons. The summed E-state index contributed by atoms with van der Waals surface area (Å²) in [5.41, 5.74) is 6.91. The van der Waals surface area contributed by atoms with E-state index in [0.29, 0.717) is 0 Å². The van der Waals surface area contributed by atoms with Gasteiger partial charge in [0, 0.05) is 21.9 Å². The highest BCUT2D eigenvalue weighted by Crippen LogP contribution is 2.36. The van der Waals surface area contributed by atoms with Crippen LogP contribution < -0.4 is 0 Å². The Hall–Kier alpha value is -1.95. The lowest BCUT2D eigenvalue weighted by Gasteiger charge is -1.97. The third-order valence-electron chi connectivity index (χ3n) is 3.84. The van der Waals surface area contributed by atoms with Crippen molar-refractivity contribution in [2.75, 3.05) is 0 Å². The second-order valence-electron chi connectivity index (χ2n) is 5.83. The summed E-state index contributed by atoms with van der Waals surface area (Å²) in [6.45, 7) is 4.19. The zero-order chi connectivity index (χ0) is 17.2. The second kappa shape index (κ2) is 7.12. The minimum absolute atomic E-state index is 1.03. The third-order valence-corrected chi connectivity index (χ3v) is 6.71. The van der Waals surface area contributed by atoms with Crippen molar-refractivity contribution in [1.82, 2.24) is 9.97 Å². The number of aryl methyl sites for hydroxylation is 2. The van der Waals surface area contributed by atoms with E-state index in [2.05, 4.69) is 73.1 Å². The number of benzene rings is 2. The smallest absolute Gasteiger partial charge is 0.157 e. The van der Waals surface area contributed by atoms with E-state index in [0.717, 1.165) is 31.2 Å². The molecule has 5 heteroatoms. The highest BCUT2D eigenvalue weighted by molar-refractivity contribution is 8.02. The normalized spacial score (nSPS) is 11.0. The number of aromatic nitrogens is 2. The van der Waals surface area contributed by atoms with E-state index >= 15 is 0 Å². The highest BCUT2D eigenvalue weighted by atomic mass is 32.2. The van der Waals surface area contributed by atoms with Crippen LogP contribution in [0.15, 0.2) is 68.0 Å². The lowest BCUT2D eigenvalue weighted by Crippen LogP contribution is -1.80. The van der Waals surface area contributed by atoms with E-state index < -0.39 is 0 Å². The first-order valence-electron chi connectivity index (χ1n) is 7.90. The molecule has 0 saturated carbocycles. The predicted molar refractivity (Wildman–Crippen MR) is 109 cm³/mol. The van der Waals surface area contributed by atoms with Crippen LogP contribution in [0.1, 0.15) is 11.1 Å². The van der Waals surface area contributed by atoms with E-state index in [4.69, 9.17) is 9.97 Å². The first-order valence-corrected chi connectivity index (χ1v) is 10.5. The summed E-state index contributed by atoms with van der Waals surface area (Å²) >= 11 is 4.98. The highest BCUT2D eigenvalue weighted by Gasteiger charge is 2.10. The van der Waals surface area contributed by atoms with Crippen LogP contribution in [0.3, 0.4) is 0 Å². The molecule has 4 aromatic rings. The average Bonchev–Trinajstić information content (AvgIpc) is 3.27. The van der Waals surface area contributed by atoms with Gasteiger partial charge in [-0.25, -0.2) is 9.97 Å². The molecule has 0 bridgehead atoms. The fourth-order valence-corrected chi connectivity index (χ4v) is 5.24. The zero-order valence-electron chi connectivity index (χ0n) is 13.9. The summed E-state index contributed by atoms with van der Waals surface area (Å²) in [5, 5.41) is 4.23. The van der Waals surface area contributed by atoms with Gasteiger partial charge in [-0.05, 0) is 25.6 Å². The molecule has 0 N–H and O–H groups in total. The molecule has 2 aromatic carbocycles. The third kappa shape index (κ3) is 3.84. The van der Waals surface area contributed by atoms with Gasteiger partial charge in [-0.1, -0.05) is 59.7 Å². The predicted octanol–water partition coefficient (Wildman–Crippen LogP) is 6.70. The summed E-state index contributed by atoms with van der Waals surface area (Å²) in [7, 11) is 0. The van der Waals surface area contributed by atoms with Crippen LogP contribution >= 0.6 is 34.4 Å². The molecule has 0 spiro atoms. The van der Waals surface area contributed by atoms with Crippen molar-refractivity contribution in [1.29, 1.82) is 0 Å². The first-order chi connectivity index (χ1) is 12.2. The van der Waals surface area contributed by atoms with Gasteiger partial charge in [-0.2, -0.15) is 0 Å². The van der Waals surface area contributed by atoms with Crippen LogP contribution in [-0.4, -0.2) is 9.97 Å². The van der Waals surface area contributed by atoms with Crippen molar-refractivity contribution in [3.8, 4) is 22.5 Å². The van der Waals surface area contributed by atoms with Gasteiger partial charge in [0.2, 0.25) is 0 Å². The molecule has 0 unspecified atom stereocenters. The Balaban J connectivity index is 1.51. The van der Waals surface area contributed by atoms with Gasteiger partial charge in [0.25, 0.3) is 0 Å². The van der Waals surface area contributed by atoms with E-state index in [1.807, 2.05) is 0 Å². The van der Waals surface area contributed by atoms with Gasteiger partial charge in [0.05, 0.1) is 11.4 Å². The fourth-order valence-electron chi connectivity index (χ4n) is 2.40. The molecule has 0 aliphatic heterocycles. The van der Waals surface area contributed by atoms with Gasteiger partial charge < -0.3 is 0 Å². The van der Waals surface area contributed by atoms with Crippen molar-refractivity contribution in [3.63, 3.8) is 0 Å². The van der Waals surface area contributed by atoms with E-state index in [1.165, 1.54) is 11.1 Å². The summed E-state index contributed by atoms with van der Waals surface area (Å²) in [6, 6.07) is 17.0. The van der Waals surface area contributed by atoms with E-state index in [1.54, 1.807) is 34.4 Å². The zero-order valence-corrected chi connectivity index (χ0v) is 16.3. The fraction of sp³-hybridized carbons (Fsp3) is 0.100. The lowest BCUT2D eigenvalue weighted by molar-refractivity contribution is 1.21. The Morgan fingerprint density at radius 3 is 1.44 bits per heavy atom. The van der Waals surface area contributed by atoms with Gasteiger partial charge in [-0.15, -0.1) is 22.7 Å². The van der Waals surface area contributed by atoms with Crippen LogP contribution in [0.4, 0.5) is 0 Å². The van der Waals surface area contributed by atoms with Crippen LogP contribution in [-0.2, 0) is 0 Å². The Morgan fingerprint density at radius 2 is 1.04 bits per heavy atom. The number of nitrogens with zero attached hydrogens (tertiary/aromatic N) is 2.